The molecule has 1 heterocycles. The molecule has 2 N–H and O–H groups in total. The summed E-state index contributed by atoms with van der Waals surface area (Å²) in [6.45, 7) is 4.44. The van der Waals surface area contributed by atoms with Crippen molar-refractivity contribution in [2.45, 2.75) is 6.04 Å². The van der Waals surface area contributed by atoms with E-state index in [0.29, 0.717) is 0 Å². The van der Waals surface area contributed by atoms with Gasteiger partial charge in [0.1, 0.15) is 0 Å². The molecule has 1 aromatic heterocycles. The minimum Gasteiger partial charge on any atom is -0.374 e. The second kappa shape index (κ2) is 6.70. The molecule has 0 aliphatic carbocycles. The summed E-state index contributed by atoms with van der Waals surface area (Å²) < 4.78 is 0. The van der Waals surface area contributed by atoms with Gasteiger partial charge >= 0.3 is 0 Å². The van der Waals surface area contributed by atoms with Crippen molar-refractivity contribution >= 4 is 22.2 Å². The van der Waals surface area contributed by atoms with Crippen LogP contribution in [-0.2, 0) is 0 Å². The summed E-state index contributed by atoms with van der Waals surface area (Å²) in [5.74, 6) is 0. The van der Waals surface area contributed by atoms with E-state index >= 15 is 0 Å². The van der Waals surface area contributed by atoms with Crippen LogP contribution in [0.5, 0.6) is 0 Å². The zero-order valence-corrected chi connectivity index (χ0v) is 13.9. The lowest BCUT2D eigenvalue weighted by molar-refractivity contribution is 1.01. The second-order valence-corrected chi connectivity index (χ2v) is 6.13. The molecule has 0 aliphatic rings. The van der Waals surface area contributed by atoms with Crippen molar-refractivity contribution in [3.8, 4) is 0 Å². The zero-order chi connectivity index (χ0) is 17.1. The fourth-order valence-electron chi connectivity index (χ4n) is 3.21. The molecule has 0 spiro atoms. The van der Waals surface area contributed by atoms with Gasteiger partial charge in [-0.2, -0.15) is 0 Å². The van der Waals surface area contributed by atoms with Crippen LogP contribution in [0.2, 0.25) is 0 Å². The van der Waals surface area contributed by atoms with Gasteiger partial charge in [0.15, 0.2) is 0 Å². The number of para-hydroxylation sites is 2. The number of fused-ring (bicyclic) bond motifs is 1. The Bertz CT molecular complexity index is 984. The summed E-state index contributed by atoms with van der Waals surface area (Å²) in [6, 6.07) is 29.1. The number of aromatic amines is 1. The van der Waals surface area contributed by atoms with E-state index in [9.17, 15) is 0 Å². The van der Waals surface area contributed by atoms with E-state index in [1.54, 1.807) is 0 Å². The fourth-order valence-corrected chi connectivity index (χ4v) is 3.21. The number of aromatic nitrogens is 1. The maximum atomic E-state index is 4.44. The van der Waals surface area contributed by atoms with Crippen LogP contribution >= 0.6 is 0 Å². The summed E-state index contributed by atoms with van der Waals surface area (Å²) >= 11 is 0. The molecule has 0 fully saturated rings. The first-order valence-corrected chi connectivity index (χ1v) is 8.45. The Balaban J connectivity index is 1.76. The van der Waals surface area contributed by atoms with Crippen LogP contribution in [0, 0.1) is 0 Å². The van der Waals surface area contributed by atoms with E-state index in [-0.39, 0.29) is 6.04 Å². The van der Waals surface area contributed by atoms with Crippen LogP contribution in [0.4, 0.5) is 5.69 Å². The van der Waals surface area contributed by atoms with Gasteiger partial charge in [-0.1, -0.05) is 73.3 Å². The normalized spacial score (nSPS) is 12.0. The molecule has 0 aliphatic heterocycles. The molecule has 0 saturated heterocycles. The van der Waals surface area contributed by atoms with E-state index in [4.69, 9.17) is 0 Å². The van der Waals surface area contributed by atoms with Crippen LogP contribution in [-0.4, -0.2) is 4.98 Å². The van der Waals surface area contributed by atoms with Gasteiger partial charge in [-0.3, -0.25) is 0 Å². The van der Waals surface area contributed by atoms with Crippen molar-refractivity contribution in [1.29, 1.82) is 0 Å². The van der Waals surface area contributed by atoms with E-state index in [0.717, 1.165) is 22.3 Å². The van der Waals surface area contributed by atoms with Gasteiger partial charge in [-0.05, 0) is 29.3 Å². The van der Waals surface area contributed by atoms with Crippen LogP contribution < -0.4 is 5.32 Å². The van der Waals surface area contributed by atoms with E-state index in [1.807, 2.05) is 30.3 Å². The molecule has 2 heteroatoms. The van der Waals surface area contributed by atoms with Gasteiger partial charge in [-0.25, -0.2) is 0 Å². The monoisotopic (exact) mass is 324 g/mol. The maximum absolute atomic E-state index is 4.44. The predicted molar refractivity (Wildman–Crippen MR) is 107 cm³/mol. The zero-order valence-electron chi connectivity index (χ0n) is 13.9. The third kappa shape index (κ3) is 3.07. The Hall–Kier alpha value is -3.26. The Morgan fingerprint density at radius 3 is 2.20 bits per heavy atom. The summed E-state index contributed by atoms with van der Waals surface area (Å²) in [5, 5.41) is 4.83. The summed E-state index contributed by atoms with van der Waals surface area (Å²) in [7, 11) is 0. The van der Waals surface area contributed by atoms with Crippen molar-refractivity contribution in [2.75, 3.05) is 5.32 Å². The Kier molecular flexibility index (Phi) is 4.09. The van der Waals surface area contributed by atoms with Crippen LogP contribution in [0.1, 0.15) is 17.2 Å². The number of H-pyrrole nitrogens is 1. The molecular weight excluding hydrogens is 304 g/mol. The SMILES string of the molecule is C=C(c1c[nH]c2ccccc12)C(Nc1ccccc1)c1ccccc1. The predicted octanol–water partition coefficient (Wildman–Crippen LogP) is 6.03. The largest absolute Gasteiger partial charge is 0.374 e. The van der Waals surface area contributed by atoms with Crippen molar-refractivity contribution in [3.63, 3.8) is 0 Å². The lowest BCUT2D eigenvalue weighted by atomic mass is 9.93. The lowest BCUT2D eigenvalue weighted by Crippen LogP contribution is -2.12. The van der Waals surface area contributed by atoms with Crippen molar-refractivity contribution in [3.05, 3.63) is 109 Å². The highest BCUT2D eigenvalue weighted by Gasteiger charge is 2.19. The van der Waals surface area contributed by atoms with Crippen LogP contribution in [0.25, 0.3) is 16.5 Å². The number of hydrogen-bond acceptors (Lipinski definition) is 1. The van der Waals surface area contributed by atoms with E-state index < -0.39 is 0 Å². The molecule has 2 nitrogen and oxygen atoms in total. The highest BCUT2D eigenvalue weighted by Crippen LogP contribution is 2.35. The first-order chi connectivity index (χ1) is 12.3. The van der Waals surface area contributed by atoms with Gasteiger partial charge in [-0.15, -0.1) is 0 Å². The van der Waals surface area contributed by atoms with Crippen LogP contribution in [0.15, 0.2) is 97.7 Å². The quantitative estimate of drug-likeness (QED) is 0.460. The molecule has 3 aromatic carbocycles. The summed E-state index contributed by atoms with van der Waals surface area (Å²) in [6.07, 6.45) is 2.05. The highest BCUT2D eigenvalue weighted by atomic mass is 14.9. The molecule has 1 unspecified atom stereocenters. The van der Waals surface area contributed by atoms with Crippen molar-refractivity contribution in [2.24, 2.45) is 0 Å². The lowest BCUT2D eigenvalue weighted by Gasteiger charge is -2.23. The molecule has 4 aromatic rings. The van der Waals surface area contributed by atoms with Gasteiger partial charge < -0.3 is 10.3 Å². The van der Waals surface area contributed by atoms with Gasteiger partial charge in [0.2, 0.25) is 0 Å². The Morgan fingerprint density at radius 1 is 0.800 bits per heavy atom. The summed E-state index contributed by atoms with van der Waals surface area (Å²) in [4.78, 5) is 3.35. The van der Waals surface area contributed by atoms with Gasteiger partial charge in [0.25, 0.3) is 0 Å². The molecule has 0 amide bonds. The minimum absolute atomic E-state index is 0.00260. The second-order valence-electron chi connectivity index (χ2n) is 6.13. The number of anilines is 1. The fraction of sp³-hybridized carbons (Fsp3) is 0.0435. The molecule has 122 valence electrons. The average Bonchev–Trinajstić information content (AvgIpc) is 3.11. The van der Waals surface area contributed by atoms with Gasteiger partial charge in [0, 0.05) is 28.4 Å². The molecular formula is C23H20N2. The summed E-state index contributed by atoms with van der Waals surface area (Å²) in [5.41, 5.74) is 5.60. The number of rotatable bonds is 5. The number of nitrogens with one attached hydrogen (secondary N) is 2. The van der Waals surface area contributed by atoms with Crippen molar-refractivity contribution in [1.82, 2.24) is 4.98 Å². The maximum Gasteiger partial charge on any atom is 0.0768 e. The van der Waals surface area contributed by atoms with Gasteiger partial charge in [0.05, 0.1) is 6.04 Å². The standard InChI is InChI=1S/C23H20N2/c1-17(21-16-24-22-15-9-8-14-20(21)22)23(18-10-4-2-5-11-18)25-19-12-6-3-7-13-19/h2-16,23-25H,1H2. The molecule has 0 radical (unpaired) electrons. The first-order valence-electron chi connectivity index (χ1n) is 8.45. The number of benzene rings is 3. The smallest absolute Gasteiger partial charge is 0.0768 e. The topological polar surface area (TPSA) is 27.8 Å². The average molecular weight is 324 g/mol. The third-order valence-electron chi connectivity index (χ3n) is 4.50. The molecule has 0 bridgehead atoms. The molecule has 0 saturated carbocycles. The molecule has 1 atom stereocenters. The molecule has 25 heavy (non-hydrogen) atoms. The van der Waals surface area contributed by atoms with E-state index in [1.165, 1.54) is 10.9 Å². The number of hydrogen-bond donors (Lipinski definition) is 2. The highest BCUT2D eigenvalue weighted by molar-refractivity contribution is 5.93. The van der Waals surface area contributed by atoms with Crippen LogP contribution in [0.3, 0.4) is 0 Å². The molecule has 4 rings (SSSR count). The minimum atomic E-state index is 0.00260. The third-order valence-corrected chi connectivity index (χ3v) is 4.50. The Labute approximate surface area is 147 Å². The first kappa shape index (κ1) is 15.3. The Morgan fingerprint density at radius 2 is 1.44 bits per heavy atom. The van der Waals surface area contributed by atoms with E-state index in [2.05, 4.69) is 77.7 Å². The van der Waals surface area contributed by atoms with Crippen molar-refractivity contribution < 1.29 is 0 Å².